The van der Waals surface area contributed by atoms with Crippen LogP contribution < -0.4 is 10.1 Å². The second-order valence-corrected chi connectivity index (χ2v) is 5.25. The van der Waals surface area contributed by atoms with Gasteiger partial charge in [-0.1, -0.05) is 17.7 Å². The molecule has 0 radical (unpaired) electrons. The Balaban J connectivity index is 1.75. The Labute approximate surface area is 143 Å². The van der Waals surface area contributed by atoms with Gasteiger partial charge in [-0.25, -0.2) is 14.6 Å². The zero-order valence-corrected chi connectivity index (χ0v) is 13.6. The van der Waals surface area contributed by atoms with Gasteiger partial charge in [0.2, 0.25) is 0 Å². The highest BCUT2D eigenvalue weighted by molar-refractivity contribution is 6.29. The molecule has 1 N–H and O–H groups in total. The van der Waals surface area contributed by atoms with E-state index in [1.54, 1.807) is 47.5 Å². The molecule has 24 heavy (non-hydrogen) atoms. The van der Waals surface area contributed by atoms with Gasteiger partial charge in [0.05, 0.1) is 12.7 Å². The lowest BCUT2D eigenvalue weighted by Gasteiger charge is -2.10. The first-order valence-electron chi connectivity index (χ1n) is 7.10. The van der Waals surface area contributed by atoms with Crippen molar-refractivity contribution in [3.63, 3.8) is 0 Å². The Morgan fingerprint density at radius 3 is 2.88 bits per heavy atom. The minimum absolute atomic E-state index is 0.290. The zero-order chi connectivity index (χ0) is 16.9. The van der Waals surface area contributed by atoms with Gasteiger partial charge < -0.3 is 10.1 Å². The van der Waals surface area contributed by atoms with Gasteiger partial charge in [-0.15, -0.1) is 0 Å². The van der Waals surface area contributed by atoms with Crippen molar-refractivity contribution < 1.29 is 9.53 Å². The summed E-state index contributed by atoms with van der Waals surface area (Å²) in [5, 5.41) is 7.31. The minimum Gasteiger partial charge on any atom is -0.496 e. The number of nitrogens with one attached hydrogen (secondary N) is 1. The van der Waals surface area contributed by atoms with E-state index < -0.39 is 0 Å². The van der Waals surface area contributed by atoms with Crippen LogP contribution in [0.3, 0.4) is 0 Å². The quantitative estimate of drug-likeness (QED) is 0.718. The van der Waals surface area contributed by atoms with Crippen molar-refractivity contribution in [3.05, 3.63) is 65.3 Å². The molecule has 0 atom stereocenters. The molecule has 122 valence electrons. The molecule has 3 aromatic heterocycles. The second-order valence-electron chi connectivity index (χ2n) is 4.87. The molecule has 8 heteroatoms. The van der Waals surface area contributed by atoms with Crippen molar-refractivity contribution >= 4 is 17.5 Å². The fourth-order valence-corrected chi connectivity index (χ4v) is 2.20. The molecule has 3 aromatic rings. The van der Waals surface area contributed by atoms with Gasteiger partial charge in [-0.05, 0) is 17.7 Å². The normalized spacial score (nSPS) is 10.4. The number of hydrogen-bond donors (Lipinski definition) is 1. The summed E-state index contributed by atoms with van der Waals surface area (Å²) in [4.78, 5) is 20.6. The van der Waals surface area contributed by atoms with Gasteiger partial charge in [0.25, 0.3) is 5.91 Å². The molecule has 3 heterocycles. The standard InChI is InChI=1S/C16H14ClN5O2/c1-24-13-7-15(22-6-2-5-21-22)19-10-12(13)16(23)20-9-11-3-4-14(17)18-8-11/h2-8,10H,9H2,1H3,(H,20,23). The van der Waals surface area contributed by atoms with Crippen LogP contribution in [-0.4, -0.2) is 32.8 Å². The summed E-state index contributed by atoms with van der Waals surface area (Å²) in [5.41, 5.74) is 1.18. The number of methoxy groups -OCH3 is 1. The average molecular weight is 344 g/mol. The van der Waals surface area contributed by atoms with Crippen LogP contribution in [0.25, 0.3) is 5.82 Å². The molecule has 0 saturated carbocycles. The van der Waals surface area contributed by atoms with Crippen LogP contribution in [0.1, 0.15) is 15.9 Å². The highest BCUT2D eigenvalue weighted by Crippen LogP contribution is 2.20. The average Bonchev–Trinajstić information content (AvgIpc) is 3.15. The Morgan fingerprint density at radius 1 is 1.33 bits per heavy atom. The highest BCUT2D eigenvalue weighted by Gasteiger charge is 2.14. The molecule has 0 spiro atoms. The zero-order valence-electron chi connectivity index (χ0n) is 12.8. The summed E-state index contributed by atoms with van der Waals surface area (Å²) in [6.07, 6.45) is 6.48. The predicted molar refractivity (Wildman–Crippen MR) is 88.3 cm³/mol. The third kappa shape index (κ3) is 3.52. The lowest BCUT2D eigenvalue weighted by Crippen LogP contribution is -2.23. The molecule has 0 aromatic carbocycles. The number of carbonyl (C=O) groups excluding carboxylic acids is 1. The maximum Gasteiger partial charge on any atom is 0.256 e. The van der Waals surface area contributed by atoms with Crippen molar-refractivity contribution in [2.45, 2.75) is 6.54 Å². The Kier molecular flexibility index (Phi) is 4.72. The van der Waals surface area contributed by atoms with Crippen molar-refractivity contribution in [1.29, 1.82) is 0 Å². The largest absolute Gasteiger partial charge is 0.496 e. The summed E-state index contributed by atoms with van der Waals surface area (Å²) in [5.74, 6) is 0.693. The van der Waals surface area contributed by atoms with E-state index in [2.05, 4.69) is 20.4 Å². The molecule has 0 aliphatic carbocycles. The molecule has 0 unspecified atom stereocenters. The van der Waals surface area contributed by atoms with Crippen LogP contribution in [0.5, 0.6) is 5.75 Å². The first-order chi connectivity index (χ1) is 11.7. The van der Waals surface area contributed by atoms with Crippen LogP contribution in [-0.2, 0) is 6.54 Å². The van der Waals surface area contributed by atoms with Gasteiger partial charge in [-0.3, -0.25) is 4.79 Å². The van der Waals surface area contributed by atoms with Crippen LogP contribution in [0.2, 0.25) is 5.15 Å². The van der Waals surface area contributed by atoms with E-state index in [1.165, 1.54) is 13.3 Å². The summed E-state index contributed by atoms with van der Waals surface area (Å²) in [6.45, 7) is 0.326. The molecule has 0 saturated heterocycles. The number of halogens is 1. The summed E-state index contributed by atoms with van der Waals surface area (Å²) in [7, 11) is 1.50. The number of nitrogens with zero attached hydrogens (tertiary/aromatic N) is 4. The summed E-state index contributed by atoms with van der Waals surface area (Å²) < 4.78 is 6.89. The first-order valence-corrected chi connectivity index (χ1v) is 7.48. The van der Waals surface area contributed by atoms with Crippen LogP contribution in [0.4, 0.5) is 0 Å². The molecular weight excluding hydrogens is 330 g/mol. The van der Waals surface area contributed by atoms with E-state index in [-0.39, 0.29) is 5.91 Å². The number of pyridine rings is 2. The molecule has 0 aliphatic rings. The summed E-state index contributed by atoms with van der Waals surface area (Å²) >= 11 is 5.74. The van der Waals surface area contributed by atoms with E-state index in [1.807, 2.05) is 0 Å². The Hall–Kier alpha value is -2.93. The monoisotopic (exact) mass is 343 g/mol. The maximum absolute atomic E-state index is 12.4. The molecule has 1 amide bonds. The van der Waals surface area contributed by atoms with Crippen LogP contribution in [0.15, 0.2) is 49.1 Å². The lowest BCUT2D eigenvalue weighted by atomic mass is 10.2. The maximum atomic E-state index is 12.4. The fraction of sp³-hybridized carbons (Fsp3) is 0.125. The van der Waals surface area contributed by atoms with E-state index in [9.17, 15) is 4.79 Å². The third-order valence-corrected chi connectivity index (χ3v) is 3.52. The van der Waals surface area contributed by atoms with Gasteiger partial charge >= 0.3 is 0 Å². The number of amides is 1. The van der Waals surface area contributed by atoms with Crippen molar-refractivity contribution in [1.82, 2.24) is 25.1 Å². The number of hydrogen-bond acceptors (Lipinski definition) is 5. The van der Waals surface area contributed by atoms with Gasteiger partial charge in [-0.2, -0.15) is 5.10 Å². The predicted octanol–water partition coefficient (Wildman–Crippen LogP) is 2.25. The SMILES string of the molecule is COc1cc(-n2cccn2)ncc1C(=O)NCc1ccc(Cl)nc1. The third-order valence-electron chi connectivity index (χ3n) is 3.30. The smallest absolute Gasteiger partial charge is 0.256 e. The molecule has 0 aliphatic heterocycles. The molecular formula is C16H14ClN5O2. The highest BCUT2D eigenvalue weighted by atomic mass is 35.5. The van der Waals surface area contributed by atoms with E-state index in [4.69, 9.17) is 16.3 Å². The van der Waals surface area contributed by atoms with E-state index in [0.717, 1.165) is 5.56 Å². The first kappa shape index (κ1) is 15.9. The lowest BCUT2D eigenvalue weighted by molar-refractivity contribution is 0.0947. The summed E-state index contributed by atoms with van der Waals surface area (Å²) in [6, 6.07) is 6.91. The number of ether oxygens (including phenoxy) is 1. The van der Waals surface area contributed by atoms with Crippen LogP contribution >= 0.6 is 11.6 Å². The van der Waals surface area contributed by atoms with Crippen molar-refractivity contribution in [3.8, 4) is 11.6 Å². The van der Waals surface area contributed by atoms with Gasteiger partial charge in [0, 0.05) is 37.4 Å². The Bertz CT molecular complexity index is 834. The molecule has 0 bridgehead atoms. The number of rotatable bonds is 5. The van der Waals surface area contributed by atoms with Crippen molar-refractivity contribution in [2.75, 3.05) is 7.11 Å². The van der Waals surface area contributed by atoms with Crippen LogP contribution in [0, 0.1) is 0 Å². The van der Waals surface area contributed by atoms with Gasteiger partial charge in [0.15, 0.2) is 5.82 Å². The van der Waals surface area contributed by atoms with E-state index in [0.29, 0.717) is 28.8 Å². The minimum atomic E-state index is -0.290. The fourth-order valence-electron chi connectivity index (χ4n) is 2.08. The number of carbonyl (C=O) groups is 1. The van der Waals surface area contributed by atoms with E-state index >= 15 is 0 Å². The topological polar surface area (TPSA) is 81.9 Å². The molecule has 7 nitrogen and oxygen atoms in total. The molecule has 0 fully saturated rings. The second kappa shape index (κ2) is 7.10. The van der Waals surface area contributed by atoms with Gasteiger partial charge in [0.1, 0.15) is 10.9 Å². The molecule has 3 rings (SSSR count). The van der Waals surface area contributed by atoms with Crippen molar-refractivity contribution in [2.24, 2.45) is 0 Å². The number of aromatic nitrogens is 4. The Morgan fingerprint density at radius 2 is 2.21 bits per heavy atom.